The SMILES string of the molecule is CCCCN1c2ccccc2Sc2cc(/C=N/Nc3c(Cl)cc(Cl)cc3Cl)ccc21. The van der Waals surface area contributed by atoms with E-state index in [-0.39, 0.29) is 0 Å². The predicted octanol–water partition coefficient (Wildman–Crippen LogP) is 8.50. The minimum atomic E-state index is 0.425. The van der Waals surface area contributed by atoms with Gasteiger partial charge in [-0.1, -0.05) is 78.1 Å². The zero-order valence-corrected chi connectivity index (χ0v) is 19.4. The molecule has 3 aromatic rings. The standard InChI is InChI=1S/C23H20Cl3N3S/c1-2-3-10-29-19-6-4-5-7-21(19)30-22-11-15(8-9-20(22)29)14-27-28-23-17(25)12-16(24)13-18(23)26/h4-9,11-14,28H,2-3,10H2,1H3/b27-14+. The van der Waals surface area contributed by atoms with E-state index in [1.165, 1.54) is 21.2 Å². The molecule has 0 saturated carbocycles. The maximum absolute atomic E-state index is 6.20. The molecule has 154 valence electrons. The van der Waals surface area contributed by atoms with Crippen LogP contribution < -0.4 is 10.3 Å². The number of hydrazone groups is 1. The number of halogens is 3. The Labute approximate surface area is 196 Å². The number of fused-ring (bicyclic) bond motifs is 2. The van der Waals surface area contributed by atoms with E-state index in [9.17, 15) is 0 Å². The topological polar surface area (TPSA) is 27.6 Å². The van der Waals surface area contributed by atoms with Crippen LogP contribution >= 0.6 is 46.6 Å². The summed E-state index contributed by atoms with van der Waals surface area (Å²) >= 11 is 20.2. The second-order valence-electron chi connectivity index (χ2n) is 6.92. The van der Waals surface area contributed by atoms with E-state index in [1.807, 2.05) is 0 Å². The van der Waals surface area contributed by atoms with Crippen LogP contribution in [0.2, 0.25) is 15.1 Å². The van der Waals surface area contributed by atoms with Gasteiger partial charge < -0.3 is 4.90 Å². The zero-order valence-electron chi connectivity index (χ0n) is 16.3. The van der Waals surface area contributed by atoms with Crippen LogP contribution in [0.1, 0.15) is 25.3 Å². The number of rotatable bonds is 6. The van der Waals surface area contributed by atoms with Crippen molar-refractivity contribution in [3.63, 3.8) is 0 Å². The predicted molar refractivity (Wildman–Crippen MR) is 132 cm³/mol. The van der Waals surface area contributed by atoms with Crippen LogP contribution in [0.25, 0.3) is 0 Å². The van der Waals surface area contributed by atoms with Crippen molar-refractivity contribution in [3.8, 4) is 0 Å². The summed E-state index contributed by atoms with van der Waals surface area (Å²) in [5.74, 6) is 0. The number of benzene rings is 3. The van der Waals surface area contributed by atoms with E-state index in [0.29, 0.717) is 20.8 Å². The van der Waals surface area contributed by atoms with E-state index < -0.39 is 0 Å². The third-order valence-corrected chi connectivity index (χ3v) is 6.71. The summed E-state index contributed by atoms with van der Waals surface area (Å²) in [6.07, 6.45) is 4.07. The lowest BCUT2D eigenvalue weighted by Gasteiger charge is -2.33. The largest absolute Gasteiger partial charge is 0.340 e. The van der Waals surface area contributed by atoms with Crippen LogP contribution in [0.3, 0.4) is 0 Å². The van der Waals surface area contributed by atoms with Crippen molar-refractivity contribution in [2.24, 2.45) is 5.10 Å². The van der Waals surface area contributed by atoms with Gasteiger partial charge in [0.15, 0.2) is 0 Å². The molecule has 0 aromatic heterocycles. The van der Waals surface area contributed by atoms with Crippen molar-refractivity contribution < 1.29 is 0 Å². The first-order valence-corrected chi connectivity index (χ1v) is 11.6. The lowest BCUT2D eigenvalue weighted by atomic mass is 10.1. The van der Waals surface area contributed by atoms with Gasteiger partial charge in [-0.25, -0.2) is 0 Å². The number of unbranched alkanes of at least 4 members (excludes halogenated alkanes) is 1. The molecule has 1 N–H and O–H groups in total. The molecule has 3 nitrogen and oxygen atoms in total. The Morgan fingerprint density at radius 1 is 0.967 bits per heavy atom. The van der Waals surface area contributed by atoms with E-state index >= 15 is 0 Å². The molecule has 3 aromatic carbocycles. The fraction of sp³-hybridized carbons (Fsp3) is 0.174. The quantitative estimate of drug-likeness (QED) is 0.285. The highest BCUT2D eigenvalue weighted by molar-refractivity contribution is 7.99. The average molecular weight is 477 g/mol. The number of anilines is 3. The van der Waals surface area contributed by atoms with E-state index in [2.05, 4.69) is 64.8 Å². The molecule has 7 heteroatoms. The number of hydrogen-bond acceptors (Lipinski definition) is 4. The molecule has 0 radical (unpaired) electrons. The molecule has 1 aliphatic heterocycles. The Morgan fingerprint density at radius 2 is 1.70 bits per heavy atom. The molecule has 1 aliphatic rings. The highest BCUT2D eigenvalue weighted by atomic mass is 35.5. The van der Waals surface area contributed by atoms with Crippen LogP contribution in [-0.2, 0) is 0 Å². The Kier molecular flexibility index (Phi) is 6.79. The van der Waals surface area contributed by atoms with Crippen molar-refractivity contribution in [2.75, 3.05) is 16.9 Å². The minimum absolute atomic E-state index is 0.425. The van der Waals surface area contributed by atoms with E-state index in [1.54, 1.807) is 30.1 Å². The van der Waals surface area contributed by atoms with Crippen LogP contribution in [0.15, 0.2) is 69.5 Å². The fourth-order valence-corrected chi connectivity index (χ4v) is 5.35. The second kappa shape index (κ2) is 9.52. The van der Waals surface area contributed by atoms with Gasteiger partial charge in [-0.15, -0.1) is 0 Å². The molecule has 1 heterocycles. The normalized spacial score (nSPS) is 12.7. The third kappa shape index (κ3) is 4.57. The summed E-state index contributed by atoms with van der Waals surface area (Å²) < 4.78 is 0. The molecule has 0 amide bonds. The summed E-state index contributed by atoms with van der Waals surface area (Å²) in [6.45, 7) is 3.22. The van der Waals surface area contributed by atoms with Crippen molar-refractivity contribution in [1.29, 1.82) is 0 Å². The van der Waals surface area contributed by atoms with Gasteiger partial charge >= 0.3 is 0 Å². The summed E-state index contributed by atoms with van der Waals surface area (Å²) in [6, 6.07) is 18.2. The first-order valence-electron chi connectivity index (χ1n) is 9.69. The highest BCUT2D eigenvalue weighted by Crippen LogP contribution is 2.48. The first kappa shape index (κ1) is 21.4. The Bertz CT molecular complexity index is 1080. The van der Waals surface area contributed by atoms with Crippen molar-refractivity contribution in [2.45, 2.75) is 29.6 Å². The van der Waals surface area contributed by atoms with Gasteiger partial charge in [0.05, 0.1) is 33.3 Å². The van der Waals surface area contributed by atoms with Gasteiger partial charge in [0.25, 0.3) is 0 Å². The Hall–Kier alpha value is -1.85. The Morgan fingerprint density at radius 3 is 2.47 bits per heavy atom. The summed E-state index contributed by atoms with van der Waals surface area (Å²) in [7, 11) is 0. The fourth-order valence-electron chi connectivity index (χ4n) is 3.31. The van der Waals surface area contributed by atoms with E-state index in [4.69, 9.17) is 34.8 Å². The molecule has 0 saturated heterocycles. The molecule has 0 unspecified atom stereocenters. The average Bonchev–Trinajstić information content (AvgIpc) is 2.72. The zero-order chi connectivity index (χ0) is 21.1. The molecule has 0 fully saturated rings. The molecule has 0 spiro atoms. The summed E-state index contributed by atoms with van der Waals surface area (Å²) in [5, 5.41) is 5.65. The Balaban J connectivity index is 1.58. The van der Waals surface area contributed by atoms with Gasteiger partial charge in [-0.3, -0.25) is 5.43 Å². The van der Waals surface area contributed by atoms with Crippen LogP contribution in [0.4, 0.5) is 17.1 Å². The number of nitrogens with one attached hydrogen (secondary N) is 1. The lowest BCUT2D eigenvalue weighted by Crippen LogP contribution is -2.21. The number of hydrogen-bond donors (Lipinski definition) is 1. The molecule has 30 heavy (non-hydrogen) atoms. The van der Waals surface area contributed by atoms with E-state index in [0.717, 1.165) is 24.9 Å². The molecule has 4 rings (SSSR count). The van der Waals surface area contributed by atoms with Crippen LogP contribution in [0.5, 0.6) is 0 Å². The van der Waals surface area contributed by atoms with Crippen LogP contribution in [-0.4, -0.2) is 12.8 Å². The molecule has 0 atom stereocenters. The number of para-hydroxylation sites is 1. The maximum Gasteiger partial charge on any atom is 0.0935 e. The minimum Gasteiger partial charge on any atom is -0.340 e. The van der Waals surface area contributed by atoms with Gasteiger partial charge in [-0.2, -0.15) is 5.10 Å². The molecular formula is C23H20Cl3N3S. The van der Waals surface area contributed by atoms with Gasteiger partial charge in [0, 0.05) is 21.4 Å². The van der Waals surface area contributed by atoms with Gasteiger partial charge in [0.2, 0.25) is 0 Å². The van der Waals surface area contributed by atoms with Gasteiger partial charge in [-0.05, 0) is 48.4 Å². The smallest absolute Gasteiger partial charge is 0.0935 e. The highest BCUT2D eigenvalue weighted by Gasteiger charge is 2.22. The monoisotopic (exact) mass is 475 g/mol. The molecular weight excluding hydrogens is 457 g/mol. The lowest BCUT2D eigenvalue weighted by molar-refractivity contribution is 0.777. The first-order chi connectivity index (χ1) is 14.6. The van der Waals surface area contributed by atoms with Crippen molar-refractivity contribution >= 4 is 69.8 Å². The molecule has 0 aliphatic carbocycles. The van der Waals surface area contributed by atoms with Crippen molar-refractivity contribution in [3.05, 3.63) is 75.2 Å². The summed E-state index contributed by atoms with van der Waals surface area (Å²) in [5.41, 5.74) is 6.96. The molecule has 0 bridgehead atoms. The van der Waals surface area contributed by atoms with Gasteiger partial charge in [0.1, 0.15) is 0 Å². The number of nitrogens with zero attached hydrogens (tertiary/aromatic N) is 2. The third-order valence-electron chi connectivity index (χ3n) is 4.78. The maximum atomic E-state index is 6.20. The van der Waals surface area contributed by atoms with Crippen LogP contribution in [0, 0.1) is 0 Å². The second-order valence-corrected chi connectivity index (χ2v) is 9.25. The summed E-state index contributed by atoms with van der Waals surface area (Å²) in [4.78, 5) is 4.90. The van der Waals surface area contributed by atoms with Crippen molar-refractivity contribution in [1.82, 2.24) is 0 Å².